The maximum absolute atomic E-state index is 12.5. The van der Waals surface area contributed by atoms with E-state index < -0.39 is 29.1 Å². The second-order valence-electron chi connectivity index (χ2n) is 6.45. The molecule has 8 nitrogen and oxygen atoms in total. The van der Waals surface area contributed by atoms with E-state index in [2.05, 4.69) is 0 Å². The number of nitrogens with zero attached hydrogens (tertiary/aromatic N) is 1. The Morgan fingerprint density at radius 2 is 2.09 bits per heavy atom. The number of hydrogen-bond donors (Lipinski definition) is 0. The van der Waals surface area contributed by atoms with Crippen molar-refractivity contribution in [1.82, 2.24) is 4.90 Å². The van der Waals surface area contributed by atoms with Gasteiger partial charge in [-0.3, -0.25) is 4.79 Å². The molecule has 0 saturated carbocycles. The summed E-state index contributed by atoms with van der Waals surface area (Å²) in [6.07, 6.45) is 0.941. The number of ether oxygens (including phenoxy) is 2. The van der Waals surface area contributed by atoms with Crippen molar-refractivity contribution in [2.75, 3.05) is 13.7 Å². The summed E-state index contributed by atoms with van der Waals surface area (Å²) in [4.78, 5) is 47.7. The van der Waals surface area contributed by atoms with E-state index in [1.54, 1.807) is 26.8 Å². The van der Waals surface area contributed by atoms with Gasteiger partial charge in [0.15, 0.2) is 5.54 Å². The van der Waals surface area contributed by atoms with Gasteiger partial charge in [0.1, 0.15) is 18.0 Å². The third-order valence-corrected chi connectivity index (χ3v) is 3.58. The summed E-state index contributed by atoms with van der Waals surface area (Å²) in [5.74, 6) is -0.798. The maximum Gasteiger partial charge on any atom is 0.418 e. The zero-order chi connectivity index (χ0) is 17.3. The number of carbonyl (C=O) groups excluding carboxylic acids is 3. The van der Waals surface area contributed by atoms with E-state index in [0.717, 1.165) is 4.90 Å². The molecule has 0 bridgehead atoms. The van der Waals surface area contributed by atoms with E-state index in [0.29, 0.717) is 5.76 Å². The van der Waals surface area contributed by atoms with Gasteiger partial charge in [0.05, 0.1) is 7.11 Å². The second-order valence-corrected chi connectivity index (χ2v) is 6.45. The Morgan fingerprint density at radius 3 is 2.61 bits per heavy atom. The third kappa shape index (κ3) is 3.47. The molecule has 1 saturated heterocycles. The third-order valence-electron chi connectivity index (χ3n) is 3.58. The van der Waals surface area contributed by atoms with Gasteiger partial charge in [-0.25, -0.2) is 14.5 Å². The van der Waals surface area contributed by atoms with Crippen LogP contribution < -0.4 is 0 Å². The van der Waals surface area contributed by atoms with Crippen molar-refractivity contribution < 1.29 is 33.6 Å². The number of carbonyl (C=O) groups is 3. The molecule has 2 aliphatic heterocycles. The molecule has 2 amide bonds. The zero-order valence-electron chi connectivity index (χ0n) is 13.7. The quantitative estimate of drug-likeness (QED) is 0.575. The summed E-state index contributed by atoms with van der Waals surface area (Å²) >= 11 is 0. The SMILES string of the molecule is COC(=O)C1(CC2=CCOO2)CCC(=O)N1C(=O)OC(C)(C)C. The number of methoxy groups -OCH3 is 1. The summed E-state index contributed by atoms with van der Waals surface area (Å²) in [7, 11) is 1.21. The van der Waals surface area contributed by atoms with Crippen LogP contribution in [0.1, 0.15) is 40.0 Å². The highest BCUT2D eigenvalue weighted by atomic mass is 17.2. The van der Waals surface area contributed by atoms with Crippen LogP contribution in [0.2, 0.25) is 0 Å². The highest BCUT2D eigenvalue weighted by Gasteiger charge is 2.57. The van der Waals surface area contributed by atoms with Crippen LogP contribution in [0.4, 0.5) is 4.79 Å². The molecule has 0 aromatic heterocycles. The average Bonchev–Trinajstić information content (AvgIpc) is 3.05. The number of hydrogen-bond acceptors (Lipinski definition) is 7. The van der Waals surface area contributed by atoms with E-state index >= 15 is 0 Å². The Morgan fingerprint density at radius 1 is 1.39 bits per heavy atom. The predicted octanol–water partition coefficient (Wildman–Crippen LogP) is 1.69. The molecule has 1 atom stereocenters. The Bertz CT molecular complexity index is 549. The molecular formula is C15H21NO7. The first-order valence-electron chi connectivity index (χ1n) is 7.32. The van der Waals surface area contributed by atoms with Crippen molar-refractivity contribution in [2.24, 2.45) is 0 Å². The predicted molar refractivity (Wildman–Crippen MR) is 76.8 cm³/mol. The minimum atomic E-state index is -1.48. The Labute approximate surface area is 134 Å². The molecule has 23 heavy (non-hydrogen) atoms. The van der Waals surface area contributed by atoms with Gasteiger partial charge in [-0.15, -0.1) is 0 Å². The summed E-state index contributed by atoms with van der Waals surface area (Å²) < 4.78 is 10.1. The van der Waals surface area contributed by atoms with Crippen molar-refractivity contribution in [2.45, 2.75) is 51.2 Å². The number of likely N-dealkylation sites (tertiary alicyclic amines) is 1. The topological polar surface area (TPSA) is 91.4 Å². The molecule has 8 heteroatoms. The molecular weight excluding hydrogens is 306 g/mol. The van der Waals surface area contributed by atoms with Crippen molar-refractivity contribution in [3.8, 4) is 0 Å². The van der Waals surface area contributed by atoms with Gasteiger partial charge in [-0.05, 0) is 33.3 Å². The highest BCUT2D eigenvalue weighted by molar-refractivity contribution is 6.02. The van der Waals surface area contributed by atoms with Crippen LogP contribution in [0.3, 0.4) is 0 Å². The van der Waals surface area contributed by atoms with Gasteiger partial charge in [0.2, 0.25) is 5.91 Å². The molecule has 0 aromatic rings. The monoisotopic (exact) mass is 327 g/mol. The van der Waals surface area contributed by atoms with Crippen LogP contribution in [0.15, 0.2) is 11.8 Å². The summed E-state index contributed by atoms with van der Waals surface area (Å²) in [6.45, 7) is 5.29. The lowest BCUT2D eigenvalue weighted by atomic mass is 9.91. The Kier molecular flexibility index (Phi) is 4.65. The molecule has 0 radical (unpaired) electrons. The summed E-state index contributed by atoms with van der Waals surface area (Å²) in [5.41, 5.74) is -2.28. The van der Waals surface area contributed by atoms with Crippen molar-refractivity contribution in [1.29, 1.82) is 0 Å². The van der Waals surface area contributed by atoms with Crippen molar-refractivity contribution >= 4 is 18.0 Å². The second kappa shape index (κ2) is 6.19. The maximum atomic E-state index is 12.5. The fraction of sp³-hybridized carbons (Fsp3) is 0.667. The van der Waals surface area contributed by atoms with Crippen LogP contribution >= 0.6 is 0 Å². The van der Waals surface area contributed by atoms with Crippen LogP contribution in [-0.4, -0.2) is 47.7 Å². The smallest absolute Gasteiger partial charge is 0.418 e. The van der Waals surface area contributed by atoms with Gasteiger partial charge in [0.25, 0.3) is 0 Å². The van der Waals surface area contributed by atoms with Crippen LogP contribution in [-0.2, 0) is 28.8 Å². The largest absolute Gasteiger partial charge is 0.467 e. The fourth-order valence-electron chi connectivity index (χ4n) is 2.64. The van der Waals surface area contributed by atoms with E-state index in [-0.39, 0.29) is 25.9 Å². The molecule has 2 aliphatic rings. The van der Waals surface area contributed by atoms with E-state index in [4.69, 9.17) is 19.2 Å². The van der Waals surface area contributed by atoms with Crippen molar-refractivity contribution in [3.05, 3.63) is 11.8 Å². The molecule has 2 heterocycles. The Hall–Kier alpha value is -2.09. The van der Waals surface area contributed by atoms with Gasteiger partial charge in [-0.1, -0.05) is 0 Å². The fourth-order valence-corrected chi connectivity index (χ4v) is 2.64. The van der Waals surface area contributed by atoms with E-state index in [9.17, 15) is 14.4 Å². The first-order valence-corrected chi connectivity index (χ1v) is 7.32. The lowest BCUT2D eigenvalue weighted by Gasteiger charge is -2.35. The number of esters is 1. The summed E-state index contributed by atoms with van der Waals surface area (Å²) in [5, 5.41) is 0. The number of imide groups is 1. The van der Waals surface area contributed by atoms with Crippen LogP contribution in [0.25, 0.3) is 0 Å². The average molecular weight is 327 g/mol. The summed E-state index contributed by atoms with van der Waals surface area (Å²) in [6, 6.07) is 0. The van der Waals surface area contributed by atoms with Crippen LogP contribution in [0, 0.1) is 0 Å². The molecule has 0 spiro atoms. The van der Waals surface area contributed by atoms with E-state index in [1.807, 2.05) is 0 Å². The van der Waals surface area contributed by atoms with Gasteiger partial charge >= 0.3 is 12.1 Å². The molecule has 0 aromatic carbocycles. The van der Waals surface area contributed by atoms with Gasteiger partial charge < -0.3 is 14.4 Å². The lowest BCUT2D eigenvalue weighted by Crippen LogP contribution is -2.56. The molecule has 128 valence electrons. The van der Waals surface area contributed by atoms with Crippen LogP contribution in [0.5, 0.6) is 0 Å². The number of rotatable bonds is 3. The molecule has 0 N–H and O–H groups in total. The van der Waals surface area contributed by atoms with E-state index in [1.165, 1.54) is 7.11 Å². The number of amides is 2. The zero-order valence-corrected chi connectivity index (χ0v) is 13.7. The first-order chi connectivity index (χ1) is 10.7. The molecule has 0 aliphatic carbocycles. The standard InChI is InChI=1S/C15H21NO7/c1-14(2,3)22-13(19)16-11(17)5-7-15(16,12(18)20-4)9-10-6-8-21-23-10/h6H,5,7-9H2,1-4H3. The molecule has 1 unspecified atom stereocenters. The first kappa shape index (κ1) is 17.3. The van der Waals surface area contributed by atoms with Gasteiger partial charge in [0, 0.05) is 12.8 Å². The van der Waals surface area contributed by atoms with Gasteiger partial charge in [-0.2, -0.15) is 4.89 Å². The lowest BCUT2D eigenvalue weighted by molar-refractivity contribution is -0.237. The normalized spacial score (nSPS) is 24.3. The minimum absolute atomic E-state index is 0.00927. The highest BCUT2D eigenvalue weighted by Crippen LogP contribution is 2.39. The van der Waals surface area contributed by atoms with Crippen molar-refractivity contribution in [3.63, 3.8) is 0 Å². The minimum Gasteiger partial charge on any atom is -0.467 e. The molecule has 2 rings (SSSR count). The molecule has 1 fully saturated rings. The Balaban J connectivity index is 2.35.